The first-order valence-electron chi connectivity index (χ1n) is 8.92. The number of fused-ring (bicyclic) bond motifs is 2. The zero-order valence-corrected chi connectivity index (χ0v) is 16.1. The average molecular weight is 396 g/mol. The van der Waals surface area contributed by atoms with E-state index in [1.165, 1.54) is 6.07 Å². The Balaban J connectivity index is 1.83. The van der Waals surface area contributed by atoms with Gasteiger partial charge in [-0.3, -0.25) is 9.69 Å². The molecule has 6 nitrogen and oxygen atoms in total. The third kappa shape index (κ3) is 3.12. The summed E-state index contributed by atoms with van der Waals surface area (Å²) in [6.45, 7) is 0.653. The van der Waals surface area contributed by atoms with Crippen molar-refractivity contribution in [3.8, 4) is 5.75 Å². The predicted octanol–water partition coefficient (Wildman–Crippen LogP) is 2.62. The number of amides is 1. The predicted molar refractivity (Wildman–Crippen MR) is 106 cm³/mol. The first-order valence-corrected chi connectivity index (χ1v) is 10.3. The van der Waals surface area contributed by atoms with Gasteiger partial charge in [-0.05, 0) is 36.6 Å². The Kier molecular flexibility index (Phi) is 4.56. The van der Waals surface area contributed by atoms with Crippen LogP contribution in [0.2, 0.25) is 0 Å². The molecule has 1 amide bonds. The number of hydrogen-bond donors (Lipinski definition) is 1. The van der Waals surface area contributed by atoms with E-state index in [1.807, 2.05) is 29.2 Å². The largest absolute Gasteiger partial charge is 0.379 e. The van der Waals surface area contributed by atoms with Crippen molar-refractivity contribution in [1.82, 2.24) is 4.90 Å². The van der Waals surface area contributed by atoms with Gasteiger partial charge in [0.1, 0.15) is 16.7 Å². The maximum Gasteiger partial charge on any atom is 0.339 e. The van der Waals surface area contributed by atoms with Crippen LogP contribution in [0.3, 0.4) is 0 Å². The molecular weight excluding hydrogens is 376 g/mol. The van der Waals surface area contributed by atoms with Gasteiger partial charge in [-0.25, -0.2) is 0 Å². The Hall–Kier alpha value is -2.90. The highest BCUT2D eigenvalue weighted by Gasteiger charge is 2.33. The van der Waals surface area contributed by atoms with Gasteiger partial charge in [0.25, 0.3) is 0 Å². The van der Waals surface area contributed by atoms with Crippen LogP contribution in [0.5, 0.6) is 5.75 Å². The van der Waals surface area contributed by atoms with Gasteiger partial charge in [-0.15, -0.1) is 0 Å². The molecular formula is C21H20N2O4S. The summed E-state index contributed by atoms with van der Waals surface area (Å²) in [4.78, 5) is 14.0. The van der Waals surface area contributed by atoms with Gasteiger partial charge in [-0.2, -0.15) is 8.42 Å². The highest BCUT2D eigenvalue weighted by atomic mass is 32.2. The lowest BCUT2D eigenvalue weighted by molar-refractivity contribution is -0.123. The summed E-state index contributed by atoms with van der Waals surface area (Å²) in [7, 11) is -2.32. The van der Waals surface area contributed by atoms with E-state index in [9.17, 15) is 13.2 Å². The van der Waals surface area contributed by atoms with Crippen LogP contribution in [-0.2, 0) is 21.3 Å². The topological polar surface area (TPSA) is 89.7 Å². The standard InChI is InChI=1S/C21H20N2O4S/c1-23-13-12-15-8-4-10-17(19(15)20(23)21(22)24)27-28(25,26)18-11-5-7-14-6-2-3-9-16(14)18/h2-11,20H,12-13H2,1H3,(H2,22,24). The smallest absolute Gasteiger partial charge is 0.339 e. The first-order chi connectivity index (χ1) is 13.4. The molecule has 0 fully saturated rings. The SMILES string of the molecule is CN1CCc2cccc(OS(=O)(=O)c3cccc4ccccc34)c2C1C(N)=O. The molecule has 0 bridgehead atoms. The Morgan fingerprint density at radius 2 is 1.79 bits per heavy atom. The highest BCUT2D eigenvalue weighted by Crippen LogP contribution is 2.37. The zero-order chi connectivity index (χ0) is 19.9. The summed E-state index contributed by atoms with van der Waals surface area (Å²) in [5.41, 5.74) is 6.99. The average Bonchev–Trinajstić information content (AvgIpc) is 2.67. The van der Waals surface area contributed by atoms with E-state index in [0.717, 1.165) is 10.9 Å². The lowest BCUT2D eigenvalue weighted by Gasteiger charge is -2.33. The van der Waals surface area contributed by atoms with E-state index < -0.39 is 22.1 Å². The molecule has 1 aliphatic heterocycles. The number of nitrogens with zero attached hydrogens (tertiary/aromatic N) is 1. The van der Waals surface area contributed by atoms with E-state index in [0.29, 0.717) is 23.9 Å². The fraction of sp³-hybridized carbons (Fsp3) is 0.190. The van der Waals surface area contributed by atoms with Gasteiger partial charge in [0.05, 0.1) is 0 Å². The highest BCUT2D eigenvalue weighted by molar-refractivity contribution is 7.87. The minimum Gasteiger partial charge on any atom is -0.379 e. The lowest BCUT2D eigenvalue weighted by atomic mass is 9.92. The first kappa shape index (κ1) is 18.5. The summed E-state index contributed by atoms with van der Waals surface area (Å²) >= 11 is 0. The molecule has 0 aromatic heterocycles. The quantitative estimate of drug-likeness (QED) is 0.685. The van der Waals surface area contributed by atoms with Crippen LogP contribution >= 0.6 is 0 Å². The Morgan fingerprint density at radius 1 is 1.07 bits per heavy atom. The summed E-state index contributed by atoms with van der Waals surface area (Å²) in [5.74, 6) is -0.400. The molecule has 4 rings (SSSR count). The molecule has 7 heteroatoms. The second-order valence-corrected chi connectivity index (χ2v) is 8.39. The minimum atomic E-state index is -4.11. The van der Waals surface area contributed by atoms with Crippen molar-refractivity contribution < 1.29 is 17.4 Å². The molecule has 0 aliphatic carbocycles. The van der Waals surface area contributed by atoms with Gasteiger partial charge in [0.15, 0.2) is 0 Å². The summed E-state index contributed by atoms with van der Waals surface area (Å²) in [6.07, 6.45) is 0.682. The molecule has 0 saturated heterocycles. The normalized spacial score (nSPS) is 17.2. The van der Waals surface area contributed by atoms with Gasteiger partial charge in [0.2, 0.25) is 5.91 Å². The molecule has 28 heavy (non-hydrogen) atoms. The fourth-order valence-corrected chi connectivity index (χ4v) is 4.94. The van der Waals surface area contributed by atoms with Crippen LogP contribution in [0.25, 0.3) is 10.8 Å². The molecule has 0 saturated carbocycles. The van der Waals surface area contributed by atoms with Crippen LogP contribution in [0, 0.1) is 0 Å². The monoisotopic (exact) mass is 396 g/mol. The number of primary amides is 1. The molecule has 1 heterocycles. The minimum absolute atomic E-state index is 0.0861. The summed E-state index contributed by atoms with van der Waals surface area (Å²) < 4.78 is 31.8. The molecule has 144 valence electrons. The van der Waals surface area contributed by atoms with Crippen LogP contribution in [0.15, 0.2) is 65.6 Å². The number of likely N-dealkylation sites (N-methyl/N-ethyl adjacent to an activating group) is 1. The Morgan fingerprint density at radius 3 is 2.57 bits per heavy atom. The number of nitrogens with two attached hydrogens (primary N) is 1. The molecule has 2 N–H and O–H groups in total. The van der Waals surface area contributed by atoms with E-state index >= 15 is 0 Å². The second-order valence-electron chi connectivity index (χ2n) is 6.88. The summed E-state index contributed by atoms with van der Waals surface area (Å²) in [6, 6.07) is 16.7. The van der Waals surface area contributed by atoms with Crippen LogP contribution < -0.4 is 9.92 Å². The third-order valence-electron chi connectivity index (χ3n) is 5.09. The second kappa shape index (κ2) is 6.92. The summed E-state index contributed by atoms with van der Waals surface area (Å²) in [5, 5.41) is 1.38. The van der Waals surface area contributed by atoms with Gasteiger partial charge in [0, 0.05) is 17.5 Å². The van der Waals surface area contributed by atoms with Crippen molar-refractivity contribution >= 4 is 26.8 Å². The van der Waals surface area contributed by atoms with Gasteiger partial charge in [-0.1, -0.05) is 48.5 Å². The van der Waals surface area contributed by atoms with Crippen molar-refractivity contribution in [1.29, 1.82) is 0 Å². The van der Waals surface area contributed by atoms with Crippen molar-refractivity contribution in [2.24, 2.45) is 5.73 Å². The Bertz CT molecular complexity index is 1170. The van der Waals surface area contributed by atoms with Crippen LogP contribution in [0.4, 0.5) is 0 Å². The maximum atomic E-state index is 13.1. The van der Waals surface area contributed by atoms with Gasteiger partial charge < -0.3 is 9.92 Å². The number of rotatable bonds is 4. The molecule has 1 aliphatic rings. The van der Waals surface area contributed by atoms with Crippen molar-refractivity contribution in [2.75, 3.05) is 13.6 Å². The fourth-order valence-electron chi connectivity index (χ4n) is 3.77. The number of carbonyl (C=O) groups excluding carboxylic acids is 1. The van der Waals surface area contributed by atoms with Gasteiger partial charge >= 0.3 is 10.1 Å². The van der Waals surface area contributed by atoms with Crippen molar-refractivity contribution in [2.45, 2.75) is 17.4 Å². The maximum absolute atomic E-state index is 13.1. The van der Waals surface area contributed by atoms with E-state index in [4.69, 9.17) is 9.92 Å². The molecule has 0 spiro atoms. The molecule has 0 radical (unpaired) electrons. The van der Waals surface area contributed by atoms with Crippen LogP contribution in [0.1, 0.15) is 17.2 Å². The number of carbonyl (C=O) groups is 1. The number of hydrogen-bond acceptors (Lipinski definition) is 5. The Labute approximate surface area is 163 Å². The number of benzene rings is 3. The zero-order valence-electron chi connectivity index (χ0n) is 15.3. The van der Waals surface area contributed by atoms with Crippen LogP contribution in [-0.4, -0.2) is 32.8 Å². The third-order valence-corrected chi connectivity index (χ3v) is 6.39. The van der Waals surface area contributed by atoms with Crippen molar-refractivity contribution in [3.63, 3.8) is 0 Å². The lowest BCUT2D eigenvalue weighted by Crippen LogP contribution is -2.40. The molecule has 3 aromatic rings. The van der Waals surface area contributed by atoms with Crippen molar-refractivity contribution in [3.05, 3.63) is 71.8 Å². The molecule has 1 unspecified atom stereocenters. The van der Waals surface area contributed by atoms with E-state index in [2.05, 4.69) is 0 Å². The van der Waals surface area contributed by atoms with E-state index in [1.54, 1.807) is 37.4 Å². The van der Waals surface area contributed by atoms with E-state index in [-0.39, 0.29) is 10.6 Å². The molecule has 1 atom stereocenters. The molecule has 3 aromatic carbocycles.